The zero-order chi connectivity index (χ0) is 10.8. The van der Waals surface area contributed by atoms with E-state index in [4.69, 9.17) is 9.84 Å². The van der Waals surface area contributed by atoms with E-state index in [2.05, 4.69) is 10.6 Å². The quantitative estimate of drug-likeness (QED) is 0.601. The molecule has 3 atom stereocenters. The molecular formula is C9H14N2O4. The van der Waals surface area contributed by atoms with E-state index in [9.17, 15) is 9.59 Å². The van der Waals surface area contributed by atoms with Gasteiger partial charge in [0.2, 0.25) is 0 Å². The van der Waals surface area contributed by atoms with Crippen LogP contribution in [0.15, 0.2) is 0 Å². The molecule has 2 saturated heterocycles. The lowest BCUT2D eigenvalue weighted by molar-refractivity contribution is -0.135. The molecule has 0 aliphatic carbocycles. The number of hydrogen-bond donors (Lipinski definition) is 3. The molecule has 84 valence electrons. The molecule has 2 aliphatic heterocycles. The first-order chi connectivity index (χ1) is 7.15. The van der Waals surface area contributed by atoms with Crippen molar-refractivity contribution in [3.63, 3.8) is 0 Å². The normalized spacial score (nSPS) is 32.7. The number of carboxylic acid groups (broad SMARTS) is 1. The second kappa shape index (κ2) is 4.06. The minimum Gasteiger partial charge on any atom is -0.480 e. The van der Waals surface area contributed by atoms with Crippen molar-refractivity contribution >= 4 is 12.0 Å². The van der Waals surface area contributed by atoms with Gasteiger partial charge in [0, 0.05) is 0 Å². The Kier molecular flexibility index (Phi) is 2.77. The van der Waals surface area contributed by atoms with E-state index in [1.165, 1.54) is 0 Å². The average Bonchev–Trinajstić information content (AvgIpc) is 2.76. The van der Waals surface area contributed by atoms with Gasteiger partial charge in [0.05, 0.1) is 18.2 Å². The molecule has 2 aliphatic rings. The van der Waals surface area contributed by atoms with Crippen molar-refractivity contribution in [2.45, 2.75) is 37.5 Å². The Labute approximate surface area is 87.0 Å². The second-order valence-electron chi connectivity index (χ2n) is 3.94. The third-order valence-corrected chi connectivity index (χ3v) is 2.82. The van der Waals surface area contributed by atoms with E-state index in [1.54, 1.807) is 0 Å². The number of carbonyl (C=O) groups excluding carboxylic acids is 1. The molecule has 0 aromatic carbocycles. The first-order valence-electron chi connectivity index (χ1n) is 5.07. The van der Waals surface area contributed by atoms with Gasteiger partial charge < -0.3 is 20.5 Å². The molecule has 2 bridgehead atoms. The molecule has 0 aromatic heterocycles. The van der Waals surface area contributed by atoms with Crippen molar-refractivity contribution in [3.05, 3.63) is 0 Å². The van der Waals surface area contributed by atoms with Gasteiger partial charge in [-0.1, -0.05) is 0 Å². The zero-order valence-electron chi connectivity index (χ0n) is 8.23. The second-order valence-corrected chi connectivity index (χ2v) is 3.94. The highest BCUT2D eigenvalue weighted by Gasteiger charge is 2.41. The molecule has 6 heteroatoms. The number of urea groups is 1. The number of ether oxygens (including phenoxy) is 1. The van der Waals surface area contributed by atoms with Crippen LogP contribution >= 0.6 is 0 Å². The molecule has 0 spiro atoms. The number of amides is 2. The van der Waals surface area contributed by atoms with Gasteiger partial charge in [0.1, 0.15) is 6.54 Å². The van der Waals surface area contributed by atoms with Gasteiger partial charge in [-0.05, 0) is 19.3 Å². The van der Waals surface area contributed by atoms with E-state index in [0.29, 0.717) is 0 Å². The molecule has 3 unspecified atom stereocenters. The van der Waals surface area contributed by atoms with Crippen LogP contribution in [0, 0.1) is 0 Å². The molecule has 0 aromatic rings. The minimum absolute atomic E-state index is 0.0394. The zero-order valence-corrected chi connectivity index (χ0v) is 8.23. The molecule has 0 radical (unpaired) electrons. The Hall–Kier alpha value is -1.30. The lowest BCUT2D eigenvalue weighted by atomic mass is 9.96. The first kappa shape index (κ1) is 10.2. The lowest BCUT2D eigenvalue weighted by Crippen LogP contribution is -2.47. The Morgan fingerprint density at radius 1 is 1.40 bits per heavy atom. The van der Waals surface area contributed by atoms with Gasteiger partial charge in [-0.3, -0.25) is 4.79 Å². The smallest absolute Gasteiger partial charge is 0.323 e. The van der Waals surface area contributed by atoms with E-state index < -0.39 is 12.0 Å². The van der Waals surface area contributed by atoms with Crippen LogP contribution in [-0.4, -0.2) is 41.9 Å². The number of aliphatic carboxylic acids is 1. The van der Waals surface area contributed by atoms with Crippen molar-refractivity contribution in [2.24, 2.45) is 0 Å². The number of rotatable bonds is 3. The summed E-state index contributed by atoms with van der Waals surface area (Å²) in [6, 6.07) is -0.393. The van der Waals surface area contributed by atoms with E-state index in [-0.39, 0.29) is 24.8 Å². The van der Waals surface area contributed by atoms with Crippen LogP contribution < -0.4 is 10.6 Å². The van der Waals surface area contributed by atoms with Crippen LogP contribution in [0.5, 0.6) is 0 Å². The highest BCUT2D eigenvalue weighted by atomic mass is 16.5. The van der Waals surface area contributed by atoms with Gasteiger partial charge in [-0.15, -0.1) is 0 Å². The molecule has 3 N–H and O–H groups in total. The summed E-state index contributed by atoms with van der Waals surface area (Å²) in [4.78, 5) is 21.4. The van der Waals surface area contributed by atoms with Crippen molar-refractivity contribution in [1.29, 1.82) is 0 Å². The fourth-order valence-corrected chi connectivity index (χ4v) is 2.17. The van der Waals surface area contributed by atoms with Crippen LogP contribution in [0.2, 0.25) is 0 Å². The minimum atomic E-state index is -1.05. The summed E-state index contributed by atoms with van der Waals surface area (Å²) >= 11 is 0. The number of carboxylic acids is 1. The third-order valence-electron chi connectivity index (χ3n) is 2.82. The number of carbonyl (C=O) groups is 2. The lowest BCUT2D eigenvalue weighted by Gasteiger charge is -2.19. The Morgan fingerprint density at radius 2 is 2.20 bits per heavy atom. The van der Waals surface area contributed by atoms with Gasteiger partial charge in [0.25, 0.3) is 0 Å². The maximum atomic E-state index is 11.2. The molecule has 0 saturated carbocycles. The van der Waals surface area contributed by atoms with Crippen molar-refractivity contribution in [2.75, 3.05) is 6.54 Å². The number of nitrogens with one attached hydrogen (secondary N) is 2. The average molecular weight is 214 g/mol. The summed E-state index contributed by atoms with van der Waals surface area (Å²) in [6.45, 7) is -0.354. The summed E-state index contributed by atoms with van der Waals surface area (Å²) in [6.07, 6.45) is 3.28. The summed E-state index contributed by atoms with van der Waals surface area (Å²) in [5.41, 5.74) is 0. The molecule has 2 rings (SSSR count). The highest BCUT2D eigenvalue weighted by Crippen LogP contribution is 2.34. The van der Waals surface area contributed by atoms with Gasteiger partial charge >= 0.3 is 12.0 Å². The summed E-state index contributed by atoms with van der Waals surface area (Å²) in [7, 11) is 0. The summed E-state index contributed by atoms with van der Waals surface area (Å²) in [5.74, 6) is -1.05. The molecule has 2 fully saturated rings. The molecule has 15 heavy (non-hydrogen) atoms. The Balaban J connectivity index is 1.73. The van der Waals surface area contributed by atoms with Crippen LogP contribution in [0.3, 0.4) is 0 Å². The van der Waals surface area contributed by atoms with Gasteiger partial charge in [-0.25, -0.2) is 4.79 Å². The predicted molar refractivity (Wildman–Crippen MR) is 50.5 cm³/mol. The monoisotopic (exact) mass is 214 g/mol. The van der Waals surface area contributed by atoms with E-state index in [0.717, 1.165) is 19.3 Å². The molecular weight excluding hydrogens is 200 g/mol. The predicted octanol–water partition coefficient (Wildman–Crippen LogP) is -0.310. The number of hydrogen-bond acceptors (Lipinski definition) is 3. The third kappa shape index (κ3) is 2.38. The van der Waals surface area contributed by atoms with Gasteiger partial charge in [0.15, 0.2) is 0 Å². The van der Waals surface area contributed by atoms with Crippen molar-refractivity contribution in [1.82, 2.24) is 10.6 Å². The molecule has 2 amide bonds. The van der Waals surface area contributed by atoms with Gasteiger partial charge in [-0.2, -0.15) is 0 Å². The first-order valence-corrected chi connectivity index (χ1v) is 5.07. The van der Waals surface area contributed by atoms with Crippen LogP contribution in [0.25, 0.3) is 0 Å². The van der Waals surface area contributed by atoms with Crippen molar-refractivity contribution in [3.8, 4) is 0 Å². The maximum Gasteiger partial charge on any atom is 0.323 e. The van der Waals surface area contributed by atoms with Crippen LogP contribution in [0.4, 0.5) is 4.79 Å². The van der Waals surface area contributed by atoms with E-state index >= 15 is 0 Å². The summed E-state index contributed by atoms with van der Waals surface area (Å²) < 4.78 is 5.55. The highest BCUT2D eigenvalue weighted by molar-refractivity contribution is 5.80. The van der Waals surface area contributed by atoms with E-state index in [1.807, 2.05) is 0 Å². The standard InChI is InChI=1S/C9H14N2O4/c12-8(13)4-10-9(14)11-6-3-5-1-2-7(6)15-5/h5-7H,1-4H2,(H,12,13)(H2,10,11,14). The molecule has 2 heterocycles. The Morgan fingerprint density at radius 3 is 2.73 bits per heavy atom. The molecule has 6 nitrogen and oxygen atoms in total. The topological polar surface area (TPSA) is 87.7 Å². The Bertz CT molecular complexity index is 281. The fraction of sp³-hybridized carbons (Fsp3) is 0.778. The summed E-state index contributed by atoms with van der Waals surface area (Å²) in [5, 5.41) is 13.4. The van der Waals surface area contributed by atoms with Crippen LogP contribution in [0.1, 0.15) is 19.3 Å². The largest absolute Gasteiger partial charge is 0.480 e. The SMILES string of the molecule is O=C(O)CNC(=O)NC1CC2CCC1O2. The maximum absolute atomic E-state index is 11.2. The number of fused-ring (bicyclic) bond motifs is 2. The fourth-order valence-electron chi connectivity index (χ4n) is 2.17. The van der Waals surface area contributed by atoms with Crippen molar-refractivity contribution < 1.29 is 19.4 Å². The van der Waals surface area contributed by atoms with Crippen LogP contribution in [-0.2, 0) is 9.53 Å².